The highest BCUT2D eigenvalue weighted by Gasteiger charge is 2.38. The Balaban J connectivity index is 1.23. The smallest absolute Gasteiger partial charge is 0.254 e. The van der Waals surface area contributed by atoms with Crippen molar-refractivity contribution in [2.45, 2.75) is 37.8 Å². The van der Waals surface area contributed by atoms with Crippen molar-refractivity contribution in [3.8, 4) is 0 Å². The summed E-state index contributed by atoms with van der Waals surface area (Å²) in [6.07, 6.45) is 5.65. The maximum atomic E-state index is 13.4. The largest absolute Gasteiger partial charge is 0.368 e. The van der Waals surface area contributed by atoms with Crippen molar-refractivity contribution in [1.29, 1.82) is 0 Å². The zero-order chi connectivity index (χ0) is 25.1. The molecule has 2 aromatic carbocycles. The first-order chi connectivity index (χ1) is 17.5. The third kappa shape index (κ3) is 4.99. The molecule has 1 aliphatic carbocycles. The van der Waals surface area contributed by atoms with Crippen LogP contribution in [0.3, 0.4) is 0 Å². The summed E-state index contributed by atoms with van der Waals surface area (Å²) >= 11 is 0. The molecular weight excluding hydrogens is 454 g/mol. The van der Waals surface area contributed by atoms with Crippen molar-refractivity contribution < 1.29 is 14.4 Å². The molecule has 3 amide bonds. The van der Waals surface area contributed by atoms with E-state index >= 15 is 0 Å². The number of amides is 3. The number of piperazine rings is 1. The number of hydrogen-bond acceptors (Lipinski definition) is 4. The Labute approximate surface area is 210 Å². The van der Waals surface area contributed by atoms with Gasteiger partial charge in [-0.05, 0) is 42.0 Å². The van der Waals surface area contributed by atoms with E-state index in [1.54, 1.807) is 12.1 Å². The quantitative estimate of drug-likeness (QED) is 0.496. The van der Waals surface area contributed by atoms with Crippen molar-refractivity contribution in [3.05, 3.63) is 71.9 Å². The van der Waals surface area contributed by atoms with Gasteiger partial charge in [0.25, 0.3) is 5.91 Å². The summed E-state index contributed by atoms with van der Waals surface area (Å²) in [5.41, 5.74) is 7.97. The average molecular weight is 488 g/mol. The lowest BCUT2D eigenvalue weighted by Crippen LogP contribution is -2.56. The molecule has 8 nitrogen and oxygen atoms in total. The number of rotatable bonds is 6. The van der Waals surface area contributed by atoms with Crippen LogP contribution in [-0.2, 0) is 9.59 Å². The second kappa shape index (κ2) is 10.5. The zero-order valence-corrected chi connectivity index (χ0v) is 20.4. The van der Waals surface area contributed by atoms with Crippen molar-refractivity contribution >= 4 is 28.6 Å². The Hall–Kier alpha value is -3.65. The third-order valence-corrected chi connectivity index (χ3v) is 7.64. The zero-order valence-electron chi connectivity index (χ0n) is 20.4. The van der Waals surface area contributed by atoms with Gasteiger partial charge in [0.15, 0.2) is 0 Å². The van der Waals surface area contributed by atoms with E-state index in [4.69, 9.17) is 5.73 Å². The topological polar surface area (TPSA) is 112 Å². The highest BCUT2D eigenvalue weighted by Crippen LogP contribution is 2.30. The van der Waals surface area contributed by atoms with Crippen LogP contribution in [0.1, 0.15) is 47.6 Å². The van der Waals surface area contributed by atoms with Crippen LogP contribution < -0.4 is 11.1 Å². The van der Waals surface area contributed by atoms with Gasteiger partial charge in [0.2, 0.25) is 11.8 Å². The number of aromatic nitrogens is 1. The van der Waals surface area contributed by atoms with Gasteiger partial charge in [-0.15, -0.1) is 0 Å². The molecule has 1 aromatic heterocycles. The average Bonchev–Trinajstić information content (AvgIpc) is 3.40. The van der Waals surface area contributed by atoms with E-state index in [1.165, 1.54) is 0 Å². The molecule has 4 N–H and O–H groups in total. The summed E-state index contributed by atoms with van der Waals surface area (Å²) in [5.74, 6) is -0.852. The predicted octanol–water partition coefficient (Wildman–Crippen LogP) is 2.83. The summed E-state index contributed by atoms with van der Waals surface area (Å²) in [7, 11) is 0. The molecule has 3 atom stereocenters. The van der Waals surface area contributed by atoms with Crippen LogP contribution in [0.15, 0.2) is 60.8 Å². The van der Waals surface area contributed by atoms with E-state index < -0.39 is 11.9 Å². The van der Waals surface area contributed by atoms with Gasteiger partial charge in [-0.25, -0.2) is 0 Å². The van der Waals surface area contributed by atoms with E-state index in [0.717, 1.165) is 49.7 Å². The number of nitrogens with two attached hydrogens (primary N) is 1. The summed E-state index contributed by atoms with van der Waals surface area (Å²) in [4.78, 5) is 46.0. The molecule has 188 valence electrons. The maximum absolute atomic E-state index is 13.4. The first kappa shape index (κ1) is 24.1. The number of primary amides is 1. The number of nitrogens with zero attached hydrogens (tertiary/aromatic N) is 2. The minimum atomic E-state index is -0.840. The molecule has 5 rings (SSSR count). The van der Waals surface area contributed by atoms with Gasteiger partial charge in [-0.3, -0.25) is 19.3 Å². The predicted molar refractivity (Wildman–Crippen MR) is 138 cm³/mol. The van der Waals surface area contributed by atoms with Gasteiger partial charge in [-0.2, -0.15) is 0 Å². The minimum Gasteiger partial charge on any atom is -0.368 e. The number of hydrogen-bond donors (Lipinski definition) is 3. The summed E-state index contributed by atoms with van der Waals surface area (Å²) in [6.45, 7) is 2.70. The molecule has 0 spiro atoms. The van der Waals surface area contributed by atoms with E-state index in [2.05, 4.69) is 15.2 Å². The molecule has 2 heterocycles. The van der Waals surface area contributed by atoms with Crippen LogP contribution in [-0.4, -0.2) is 64.7 Å². The Kier molecular flexibility index (Phi) is 7.04. The van der Waals surface area contributed by atoms with Crippen LogP contribution in [0.25, 0.3) is 10.9 Å². The number of carbonyl (C=O) groups is 3. The van der Waals surface area contributed by atoms with Gasteiger partial charge in [0.1, 0.15) is 6.04 Å². The molecule has 1 aliphatic heterocycles. The van der Waals surface area contributed by atoms with Crippen LogP contribution in [0, 0.1) is 5.92 Å². The standard InChI is InChI=1S/C28H33N5O3/c29-26(34)25(20-6-2-1-3-7-20)31-27(35)22-8-4-5-9-24(22)32-14-16-33(17-15-32)28(36)21-11-10-19-12-13-30-23(19)18-21/h1-3,6-7,10-13,18,22,24-25,30H,4-5,8-9,14-17H2,(H2,29,34)(H,31,35)/t22-,24?,25+/m1/s1. The van der Waals surface area contributed by atoms with Crippen molar-refractivity contribution in [2.75, 3.05) is 26.2 Å². The Bertz CT molecular complexity index is 1230. The Morgan fingerprint density at radius 3 is 2.44 bits per heavy atom. The molecule has 3 aromatic rings. The number of fused-ring (bicyclic) bond motifs is 1. The van der Waals surface area contributed by atoms with Crippen LogP contribution in [0.5, 0.6) is 0 Å². The number of aromatic amines is 1. The highest BCUT2D eigenvalue weighted by atomic mass is 16.2. The lowest BCUT2D eigenvalue weighted by atomic mass is 9.82. The molecule has 1 unspecified atom stereocenters. The third-order valence-electron chi connectivity index (χ3n) is 7.64. The van der Waals surface area contributed by atoms with E-state index in [0.29, 0.717) is 24.2 Å². The number of nitrogens with one attached hydrogen (secondary N) is 2. The number of carbonyl (C=O) groups excluding carboxylic acids is 3. The van der Waals surface area contributed by atoms with Gasteiger partial charge in [0.05, 0.1) is 5.92 Å². The van der Waals surface area contributed by atoms with Crippen molar-refractivity contribution in [1.82, 2.24) is 20.1 Å². The minimum absolute atomic E-state index is 0.0382. The summed E-state index contributed by atoms with van der Waals surface area (Å²) in [5, 5.41) is 4.01. The molecule has 8 heteroatoms. The fourth-order valence-electron chi connectivity index (χ4n) is 5.69. The van der Waals surface area contributed by atoms with Gasteiger partial charge in [-0.1, -0.05) is 49.2 Å². The molecule has 36 heavy (non-hydrogen) atoms. The van der Waals surface area contributed by atoms with Gasteiger partial charge < -0.3 is 20.9 Å². The molecule has 0 radical (unpaired) electrons. The van der Waals surface area contributed by atoms with Gasteiger partial charge >= 0.3 is 0 Å². The maximum Gasteiger partial charge on any atom is 0.254 e. The fraction of sp³-hybridized carbons (Fsp3) is 0.393. The highest BCUT2D eigenvalue weighted by molar-refractivity contribution is 5.98. The first-order valence-electron chi connectivity index (χ1n) is 12.8. The summed E-state index contributed by atoms with van der Waals surface area (Å²) in [6, 6.07) is 16.1. The number of H-pyrrole nitrogens is 1. The monoisotopic (exact) mass is 487 g/mol. The van der Waals surface area contributed by atoms with Gasteiger partial charge in [0, 0.05) is 49.5 Å². The molecule has 2 aliphatic rings. The van der Waals surface area contributed by atoms with Crippen LogP contribution in [0.4, 0.5) is 0 Å². The molecule has 1 saturated heterocycles. The first-order valence-corrected chi connectivity index (χ1v) is 12.8. The fourth-order valence-corrected chi connectivity index (χ4v) is 5.69. The lowest BCUT2D eigenvalue weighted by Gasteiger charge is -2.44. The molecule has 1 saturated carbocycles. The van der Waals surface area contributed by atoms with Crippen molar-refractivity contribution in [2.24, 2.45) is 11.7 Å². The van der Waals surface area contributed by atoms with E-state index in [-0.39, 0.29) is 23.8 Å². The second-order valence-electron chi connectivity index (χ2n) is 9.82. The van der Waals surface area contributed by atoms with Crippen LogP contribution in [0.2, 0.25) is 0 Å². The van der Waals surface area contributed by atoms with Crippen LogP contribution >= 0.6 is 0 Å². The van der Waals surface area contributed by atoms with E-state index in [1.807, 2.05) is 53.6 Å². The molecule has 0 bridgehead atoms. The Morgan fingerprint density at radius 2 is 1.69 bits per heavy atom. The lowest BCUT2D eigenvalue weighted by molar-refractivity contribution is -0.133. The molecular formula is C28H33N5O3. The SMILES string of the molecule is NC(=O)[C@@H](NC(=O)[C@@H]1CCCCC1N1CCN(C(=O)c2ccc3cc[nH]c3c2)CC1)c1ccccc1. The van der Waals surface area contributed by atoms with Crippen molar-refractivity contribution in [3.63, 3.8) is 0 Å². The number of benzene rings is 2. The normalized spacial score (nSPS) is 21.7. The molecule has 2 fully saturated rings. The Morgan fingerprint density at radius 1 is 0.944 bits per heavy atom. The summed E-state index contributed by atoms with van der Waals surface area (Å²) < 4.78 is 0. The van der Waals surface area contributed by atoms with E-state index in [9.17, 15) is 14.4 Å². The second-order valence-corrected chi connectivity index (χ2v) is 9.82.